The molecule has 1 N–H and O–H groups in total. The molecule has 0 spiro atoms. The lowest BCUT2D eigenvalue weighted by Crippen LogP contribution is -2.13. The first-order valence-electron chi connectivity index (χ1n) is 8.40. The monoisotopic (exact) mass is 349 g/mol. The number of carbonyl (C=O) groups is 2. The van der Waals surface area contributed by atoms with Gasteiger partial charge in [-0.25, -0.2) is 4.79 Å². The van der Waals surface area contributed by atoms with Gasteiger partial charge in [0.15, 0.2) is 0 Å². The van der Waals surface area contributed by atoms with Gasteiger partial charge in [0.2, 0.25) is 0 Å². The Kier molecular flexibility index (Phi) is 5.49. The fourth-order valence-corrected chi connectivity index (χ4v) is 2.42. The van der Waals surface area contributed by atoms with Crippen LogP contribution in [0, 0.1) is 0 Å². The summed E-state index contributed by atoms with van der Waals surface area (Å²) in [5.74, 6) is 0.0669. The summed E-state index contributed by atoms with van der Waals surface area (Å²) in [4.78, 5) is 24.3. The van der Waals surface area contributed by atoms with E-state index in [2.05, 4.69) is 5.32 Å². The average Bonchev–Trinajstić information content (AvgIpc) is 2.89. The number of para-hydroxylation sites is 1. The summed E-state index contributed by atoms with van der Waals surface area (Å²) in [5, 5.41) is 2.81. The molecule has 1 aliphatic heterocycles. The summed E-state index contributed by atoms with van der Waals surface area (Å²) in [7, 11) is 0. The van der Waals surface area contributed by atoms with E-state index in [1.165, 1.54) is 6.26 Å². The Morgan fingerprint density at radius 3 is 2.62 bits per heavy atom. The second kappa shape index (κ2) is 8.16. The van der Waals surface area contributed by atoms with Gasteiger partial charge in [-0.2, -0.15) is 0 Å². The molecule has 2 aromatic carbocycles. The third kappa shape index (κ3) is 4.19. The number of carbonyl (C=O) groups excluding carboxylic acids is 2. The zero-order chi connectivity index (χ0) is 18.4. The zero-order valence-electron chi connectivity index (χ0n) is 14.4. The number of nitrogens with one attached hydrogen (secondary N) is 1. The van der Waals surface area contributed by atoms with Crippen LogP contribution in [0.5, 0.6) is 5.75 Å². The molecule has 1 amide bonds. The number of anilines is 1. The van der Waals surface area contributed by atoms with E-state index in [0.29, 0.717) is 29.2 Å². The highest BCUT2D eigenvalue weighted by atomic mass is 16.5. The molecule has 26 heavy (non-hydrogen) atoms. The van der Waals surface area contributed by atoms with Crippen LogP contribution in [-0.2, 0) is 9.53 Å². The molecule has 5 heteroatoms. The summed E-state index contributed by atoms with van der Waals surface area (Å²) < 4.78 is 10.6. The van der Waals surface area contributed by atoms with E-state index in [0.717, 1.165) is 12.0 Å². The average molecular weight is 349 g/mol. The van der Waals surface area contributed by atoms with Crippen molar-refractivity contribution in [3.05, 3.63) is 77.6 Å². The molecule has 0 aliphatic carbocycles. The van der Waals surface area contributed by atoms with E-state index in [-0.39, 0.29) is 11.9 Å². The van der Waals surface area contributed by atoms with Gasteiger partial charge in [0.1, 0.15) is 5.75 Å². The predicted molar refractivity (Wildman–Crippen MR) is 99.8 cm³/mol. The molecular formula is C21H19NO4. The van der Waals surface area contributed by atoms with Crippen LogP contribution in [0.1, 0.15) is 29.3 Å². The van der Waals surface area contributed by atoms with E-state index in [9.17, 15) is 9.59 Å². The Balaban J connectivity index is 1.70. The smallest absolute Gasteiger partial charge is 0.338 e. The molecule has 0 fully saturated rings. The van der Waals surface area contributed by atoms with Crippen molar-refractivity contribution in [2.75, 3.05) is 11.9 Å². The van der Waals surface area contributed by atoms with Crippen LogP contribution in [0.15, 0.2) is 66.4 Å². The lowest BCUT2D eigenvalue weighted by Gasteiger charge is -2.07. The van der Waals surface area contributed by atoms with Crippen LogP contribution in [-0.4, -0.2) is 18.5 Å². The highest BCUT2D eigenvalue weighted by molar-refractivity contribution is 6.09. The van der Waals surface area contributed by atoms with Crippen molar-refractivity contribution in [2.24, 2.45) is 0 Å². The normalized spacial score (nSPS) is 12.3. The van der Waals surface area contributed by atoms with Crippen molar-refractivity contribution in [2.45, 2.75) is 13.3 Å². The Hall–Kier alpha value is -3.34. The van der Waals surface area contributed by atoms with Gasteiger partial charge in [-0.15, -0.1) is 0 Å². The van der Waals surface area contributed by atoms with Crippen LogP contribution in [0.2, 0.25) is 0 Å². The summed E-state index contributed by atoms with van der Waals surface area (Å²) in [6, 6.07) is 14.1. The minimum absolute atomic E-state index is 0.261. The van der Waals surface area contributed by atoms with Crippen LogP contribution < -0.4 is 10.1 Å². The Bertz CT molecular complexity index is 866. The predicted octanol–water partition coefficient (Wildman–Crippen LogP) is 4.18. The molecule has 0 atom stereocenters. The number of amides is 1. The summed E-state index contributed by atoms with van der Waals surface area (Å²) in [6.07, 6.45) is 5.65. The minimum Gasteiger partial charge on any atom is -0.464 e. The number of esters is 1. The molecule has 1 heterocycles. The lowest BCUT2D eigenvalue weighted by molar-refractivity contribution is -0.112. The van der Waals surface area contributed by atoms with Gasteiger partial charge in [-0.3, -0.25) is 4.79 Å². The number of ether oxygens (including phenoxy) is 2. The quantitative estimate of drug-likeness (QED) is 0.823. The highest BCUT2D eigenvalue weighted by Gasteiger charge is 2.12. The van der Waals surface area contributed by atoms with Gasteiger partial charge in [-0.05, 0) is 48.9 Å². The van der Waals surface area contributed by atoms with Gasteiger partial charge < -0.3 is 14.8 Å². The Labute approximate surface area is 151 Å². The highest BCUT2D eigenvalue weighted by Crippen LogP contribution is 2.24. The van der Waals surface area contributed by atoms with E-state index < -0.39 is 0 Å². The van der Waals surface area contributed by atoms with E-state index >= 15 is 0 Å². The largest absolute Gasteiger partial charge is 0.464 e. The SMILES string of the molecule is CCCOC(=O)c1ccc(NC(=O)C2=Cc3ccccc3OC=C2)cc1. The fraction of sp³-hybridized carbons (Fsp3) is 0.143. The van der Waals surface area contributed by atoms with Crippen molar-refractivity contribution in [3.63, 3.8) is 0 Å². The van der Waals surface area contributed by atoms with Crippen molar-refractivity contribution in [3.8, 4) is 5.75 Å². The number of benzene rings is 2. The second-order valence-electron chi connectivity index (χ2n) is 5.73. The van der Waals surface area contributed by atoms with E-state index in [1.54, 1.807) is 36.4 Å². The van der Waals surface area contributed by atoms with Crippen LogP contribution in [0.4, 0.5) is 5.69 Å². The number of hydrogen-bond donors (Lipinski definition) is 1. The second-order valence-corrected chi connectivity index (χ2v) is 5.73. The molecule has 2 aromatic rings. The van der Waals surface area contributed by atoms with Gasteiger partial charge in [-0.1, -0.05) is 25.1 Å². The molecule has 3 rings (SSSR count). The third-order valence-corrected chi connectivity index (χ3v) is 3.75. The summed E-state index contributed by atoms with van der Waals surface area (Å²) in [5.41, 5.74) is 2.35. The Morgan fingerprint density at radius 2 is 1.85 bits per heavy atom. The van der Waals surface area contributed by atoms with Crippen LogP contribution in [0.3, 0.4) is 0 Å². The van der Waals surface area contributed by atoms with E-state index in [1.807, 2.05) is 31.2 Å². The third-order valence-electron chi connectivity index (χ3n) is 3.75. The van der Waals surface area contributed by atoms with Crippen LogP contribution >= 0.6 is 0 Å². The molecule has 0 radical (unpaired) electrons. The number of hydrogen-bond acceptors (Lipinski definition) is 4. The van der Waals surface area contributed by atoms with Gasteiger partial charge >= 0.3 is 5.97 Å². The minimum atomic E-state index is -0.368. The maximum Gasteiger partial charge on any atom is 0.338 e. The molecule has 0 bridgehead atoms. The van der Waals surface area contributed by atoms with Crippen molar-refractivity contribution in [1.29, 1.82) is 0 Å². The van der Waals surface area contributed by atoms with Crippen molar-refractivity contribution in [1.82, 2.24) is 0 Å². The van der Waals surface area contributed by atoms with Gasteiger partial charge in [0.25, 0.3) is 5.91 Å². The molecule has 0 saturated carbocycles. The molecular weight excluding hydrogens is 330 g/mol. The topological polar surface area (TPSA) is 64.6 Å². The molecule has 0 unspecified atom stereocenters. The fourth-order valence-electron chi connectivity index (χ4n) is 2.42. The maximum atomic E-state index is 12.5. The first-order valence-corrected chi connectivity index (χ1v) is 8.40. The number of fused-ring (bicyclic) bond motifs is 1. The van der Waals surface area contributed by atoms with Gasteiger partial charge in [0.05, 0.1) is 18.4 Å². The summed E-state index contributed by atoms with van der Waals surface area (Å²) in [6.45, 7) is 2.33. The van der Waals surface area contributed by atoms with Crippen molar-refractivity contribution >= 4 is 23.6 Å². The molecule has 5 nitrogen and oxygen atoms in total. The molecule has 132 valence electrons. The molecule has 0 saturated heterocycles. The van der Waals surface area contributed by atoms with Crippen LogP contribution in [0.25, 0.3) is 6.08 Å². The zero-order valence-corrected chi connectivity index (χ0v) is 14.4. The standard InChI is InChI=1S/C21H19NO4/c1-2-12-26-21(24)15-7-9-18(10-8-15)22-20(23)17-11-13-25-19-6-4-3-5-16(19)14-17/h3-11,13-14H,2,12H2,1H3,(H,22,23). The first-order chi connectivity index (χ1) is 12.7. The summed E-state index contributed by atoms with van der Waals surface area (Å²) >= 11 is 0. The van der Waals surface area contributed by atoms with Gasteiger partial charge in [0, 0.05) is 16.8 Å². The van der Waals surface area contributed by atoms with Crippen molar-refractivity contribution < 1.29 is 19.1 Å². The number of rotatable bonds is 5. The maximum absolute atomic E-state index is 12.5. The lowest BCUT2D eigenvalue weighted by atomic mass is 10.1. The first kappa shape index (κ1) is 17.5. The van der Waals surface area contributed by atoms with E-state index in [4.69, 9.17) is 9.47 Å². The molecule has 1 aliphatic rings. The Morgan fingerprint density at radius 1 is 1.08 bits per heavy atom. The molecule has 0 aromatic heterocycles.